The van der Waals surface area contributed by atoms with Gasteiger partial charge in [-0.15, -0.1) is 0 Å². The highest BCUT2D eigenvalue weighted by Crippen LogP contribution is 2.36. The Labute approximate surface area is 84.0 Å². The van der Waals surface area contributed by atoms with E-state index in [0.717, 1.165) is 18.4 Å². The van der Waals surface area contributed by atoms with E-state index in [1.165, 1.54) is 5.56 Å². The van der Waals surface area contributed by atoms with Crippen LogP contribution in [0.1, 0.15) is 12.0 Å². The fraction of sp³-hybridized carbons (Fsp3) is 0.273. The van der Waals surface area contributed by atoms with Gasteiger partial charge in [0.1, 0.15) is 0 Å². The Morgan fingerprint density at radius 1 is 1.21 bits per heavy atom. The van der Waals surface area contributed by atoms with Crippen LogP contribution in [0.3, 0.4) is 0 Å². The van der Waals surface area contributed by atoms with Crippen LogP contribution in [0.25, 0.3) is 0 Å². The summed E-state index contributed by atoms with van der Waals surface area (Å²) in [5.74, 6) is -0.0461. The van der Waals surface area contributed by atoms with Gasteiger partial charge in [0.25, 0.3) is 0 Å². The van der Waals surface area contributed by atoms with Crippen molar-refractivity contribution in [2.45, 2.75) is 18.7 Å². The predicted molar refractivity (Wildman–Crippen MR) is 56.8 cm³/mol. The van der Waals surface area contributed by atoms with Crippen molar-refractivity contribution in [1.82, 2.24) is 0 Å². The van der Waals surface area contributed by atoms with Crippen LogP contribution in [0.4, 0.5) is 0 Å². The summed E-state index contributed by atoms with van der Waals surface area (Å²) in [5.41, 5.74) is 2.37. The molecular formula is C11H13BO2. The van der Waals surface area contributed by atoms with Gasteiger partial charge in [0.05, 0.1) is 0 Å². The van der Waals surface area contributed by atoms with E-state index in [9.17, 15) is 0 Å². The molecule has 2 rings (SSSR count). The van der Waals surface area contributed by atoms with Crippen LogP contribution in [0, 0.1) is 0 Å². The zero-order valence-corrected chi connectivity index (χ0v) is 7.93. The largest absolute Gasteiger partial charge is 0.459 e. The maximum atomic E-state index is 9.04. The van der Waals surface area contributed by atoms with Gasteiger partial charge in [0.15, 0.2) is 0 Å². The molecule has 0 aromatic heterocycles. The minimum atomic E-state index is -1.20. The SMILES string of the molecule is OB(O)[C@H]1CC=C1Cc1ccccc1. The quantitative estimate of drug-likeness (QED) is 0.556. The molecule has 2 nitrogen and oxygen atoms in total. The summed E-state index contributed by atoms with van der Waals surface area (Å²) in [4.78, 5) is 0. The lowest BCUT2D eigenvalue weighted by Crippen LogP contribution is -2.27. The first-order valence-electron chi connectivity index (χ1n) is 4.86. The molecule has 1 aromatic carbocycles. The van der Waals surface area contributed by atoms with Crippen LogP contribution in [-0.2, 0) is 6.42 Å². The lowest BCUT2D eigenvalue weighted by atomic mass is 9.60. The van der Waals surface area contributed by atoms with Crippen molar-refractivity contribution in [1.29, 1.82) is 0 Å². The first kappa shape index (κ1) is 9.50. The minimum Gasteiger partial charge on any atom is -0.427 e. The fourth-order valence-corrected chi connectivity index (χ4v) is 1.77. The van der Waals surface area contributed by atoms with E-state index in [1.807, 2.05) is 18.2 Å². The summed E-state index contributed by atoms with van der Waals surface area (Å²) < 4.78 is 0. The molecule has 0 heterocycles. The molecule has 0 spiro atoms. The van der Waals surface area contributed by atoms with Gasteiger partial charge in [0.2, 0.25) is 0 Å². The molecule has 0 aliphatic heterocycles. The van der Waals surface area contributed by atoms with Crippen LogP contribution in [-0.4, -0.2) is 17.2 Å². The monoisotopic (exact) mass is 188 g/mol. The number of hydrogen-bond donors (Lipinski definition) is 2. The molecule has 0 fully saturated rings. The molecule has 0 radical (unpaired) electrons. The van der Waals surface area contributed by atoms with Crippen LogP contribution < -0.4 is 0 Å². The Morgan fingerprint density at radius 2 is 1.93 bits per heavy atom. The van der Waals surface area contributed by atoms with Gasteiger partial charge in [-0.05, 0) is 18.4 Å². The van der Waals surface area contributed by atoms with E-state index in [-0.39, 0.29) is 5.82 Å². The minimum absolute atomic E-state index is 0.0461. The molecule has 2 N–H and O–H groups in total. The summed E-state index contributed by atoms with van der Waals surface area (Å²) in [6.07, 6.45) is 3.71. The molecule has 0 saturated carbocycles. The smallest absolute Gasteiger partial charge is 0.427 e. The van der Waals surface area contributed by atoms with Gasteiger partial charge in [-0.2, -0.15) is 0 Å². The molecule has 1 aliphatic rings. The van der Waals surface area contributed by atoms with Gasteiger partial charge in [0, 0.05) is 5.82 Å². The number of hydrogen-bond acceptors (Lipinski definition) is 2. The third-order valence-corrected chi connectivity index (χ3v) is 2.72. The molecular weight excluding hydrogens is 175 g/mol. The highest BCUT2D eigenvalue weighted by Gasteiger charge is 2.31. The van der Waals surface area contributed by atoms with E-state index in [1.54, 1.807) is 0 Å². The molecule has 0 saturated heterocycles. The lowest BCUT2D eigenvalue weighted by Gasteiger charge is -2.26. The molecule has 0 bridgehead atoms. The molecule has 1 aliphatic carbocycles. The van der Waals surface area contributed by atoms with Gasteiger partial charge in [-0.1, -0.05) is 42.0 Å². The molecule has 3 heteroatoms. The summed E-state index contributed by atoms with van der Waals surface area (Å²) in [6, 6.07) is 10.1. The van der Waals surface area contributed by atoms with E-state index in [0.29, 0.717) is 0 Å². The van der Waals surface area contributed by atoms with Crippen molar-refractivity contribution in [3.8, 4) is 0 Å². The van der Waals surface area contributed by atoms with Crippen molar-refractivity contribution in [3.05, 3.63) is 47.5 Å². The summed E-state index contributed by atoms with van der Waals surface area (Å²) in [6.45, 7) is 0. The van der Waals surface area contributed by atoms with Crippen molar-refractivity contribution in [2.75, 3.05) is 0 Å². The molecule has 72 valence electrons. The van der Waals surface area contributed by atoms with E-state index in [4.69, 9.17) is 10.0 Å². The third kappa shape index (κ3) is 1.89. The van der Waals surface area contributed by atoms with E-state index < -0.39 is 7.12 Å². The maximum absolute atomic E-state index is 9.04. The van der Waals surface area contributed by atoms with Gasteiger partial charge in [-0.3, -0.25) is 0 Å². The summed E-state index contributed by atoms with van der Waals surface area (Å²) in [7, 11) is -1.20. The van der Waals surface area contributed by atoms with E-state index >= 15 is 0 Å². The number of allylic oxidation sites excluding steroid dienone is 2. The maximum Gasteiger partial charge on any atom is 0.459 e. The van der Waals surface area contributed by atoms with Gasteiger partial charge >= 0.3 is 7.12 Å². The highest BCUT2D eigenvalue weighted by atomic mass is 16.4. The standard InChI is InChI=1S/C11H13BO2/c13-12(14)11-7-6-10(11)8-9-4-2-1-3-5-9/h1-6,11,13-14H,7-8H2/t11-/m0/s1. The van der Waals surface area contributed by atoms with Gasteiger partial charge in [-0.25, -0.2) is 0 Å². The van der Waals surface area contributed by atoms with Crippen molar-refractivity contribution in [3.63, 3.8) is 0 Å². The van der Waals surface area contributed by atoms with Crippen molar-refractivity contribution >= 4 is 7.12 Å². The van der Waals surface area contributed by atoms with Gasteiger partial charge < -0.3 is 10.0 Å². The Morgan fingerprint density at radius 3 is 2.43 bits per heavy atom. The van der Waals surface area contributed by atoms with Crippen LogP contribution >= 0.6 is 0 Å². The van der Waals surface area contributed by atoms with Crippen LogP contribution in [0.15, 0.2) is 42.0 Å². The summed E-state index contributed by atoms with van der Waals surface area (Å²) >= 11 is 0. The normalized spacial score (nSPS) is 19.9. The topological polar surface area (TPSA) is 40.5 Å². The van der Waals surface area contributed by atoms with Crippen molar-refractivity contribution in [2.24, 2.45) is 0 Å². The number of benzene rings is 1. The Kier molecular flexibility index (Phi) is 2.70. The predicted octanol–water partition coefficient (Wildman–Crippen LogP) is 1.40. The first-order valence-corrected chi connectivity index (χ1v) is 4.86. The second kappa shape index (κ2) is 3.99. The zero-order chi connectivity index (χ0) is 9.97. The fourth-order valence-electron chi connectivity index (χ4n) is 1.77. The second-order valence-electron chi connectivity index (χ2n) is 3.70. The highest BCUT2D eigenvalue weighted by molar-refractivity contribution is 6.44. The number of rotatable bonds is 3. The lowest BCUT2D eigenvalue weighted by molar-refractivity contribution is 0.385. The van der Waals surface area contributed by atoms with Crippen molar-refractivity contribution < 1.29 is 10.0 Å². The Hall–Kier alpha value is -1.06. The Balaban J connectivity index is 2.00. The van der Waals surface area contributed by atoms with Crippen LogP contribution in [0.2, 0.25) is 5.82 Å². The zero-order valence-electron chi connectivity index (χ0n) is 7.93. The molecule has 0 unspecified atom stereocenters. The molecule has 1 aromatic rings. The van der Waals surface area contributed by atoms with E-state index in [2.05, 4.69) is 18.2 Å². The molecule has 14 heavy (non-hydrogen) atoms. The van der Waals surface area contributed by atoms with Crippen LogP contribution in [0.5, 0.6) is 0 Å². The molecule has 1 atom stereocenters. The average molecular weight is 188 g/mol. The average Bonchev–Trinajstić information content (AvgIpc) is 2.13. The first-order chi connectivity index (χ1) is 6.77. The molecule has 0 amide bonds. The third-order valence-electron chi connectivity index (χ3n) is 2.72. The second-order valence-corrected chi connectivity index (χ2v) is 3.70. The Bertz CT molecular complexity index is 332. The summed E-state index contributed by atoms with van der Waals surface area (Å²) in [5, 5.41) is 18.1.